The van der Waals surface area contributed by atoms with E-state index in [-0.39, 0.29) is 10.8 Å². The molecule has 0 aliphatic heterocycles. The van der Waals surface area contributed by atoms with Crippen LogP contribution in [0.5, 0.6) is 0 Å². The van der Waals surface area contributed by atoms with Gasteiger partial charge in [0.1, 0.15) is 0 Å². The number of unbranched alkanes of at least 4 members (excludes halogenated alkanes) is 1. The summed E-state index contributed by atoms with van der Waals surface area (Å²) < 4.78 is 26.9. The van der Waals surface area contributed by atoms with E-state index in [1.165, 1.54) is 12.1 Å². The van der Waals surface area contributed by atoms with Crippen LogP contribution < -0.4 is 10.0 Å². The normalized spacial score (nSPS) is 11.2. The minimum atomic E-state index is -3.59. The van der Waals surface area contributed by atoms with Crippen molar-refractivity contribution in [1.82, 2.24) is 4.72 Å². The number of hydrogen-bond acceptors (Lipinski definition) is 3. The van der Waals surface area contributed by atoms with Crippen molar-refractivity contribution in [3.05, 3.63) is 60.2 Å². The van der Waals surface area contributed by atoms with Gasteiger partial charge in [-0.05, 0) is 36.8 Å². The summed E-state index contributed by atoms with van der Waals surface area (Å²) in [5, 5.41) is 2.74. The number of anilines is 1. The number of carbonyl (C=O) groups is 1. The van der Waals surface area contributed by atoms with Crippen LogP contribution in [0.25, 0.3) is 0 Å². The molecule has 23 heavy (non-hydrogen) atoms. The minimum Gasteiger partial charge on any atom is -0.322 e. The van der Waals surface area contributed by atoms with Gasteiger partial charge in [-0.15, -0.1) is 0 Å². The fourth-order valence-corrected chi connectivity index (χ4v) is 3.12. The van der Waals surface area contributed by atoms with E-state index in [1.54, 1.807) is 24.3 Å². The fraction of sp³-hybridized carbons (Fsp3) is 0.235. The quantitative estimate of drug-likeness (QED) is 0.765. The van der Waals surface area contributed by atoms with Crippen LogP contribution in [0, 0.1) is 0 Å². The Kier molecular flexibility index (Phi) is 5.90. The molecule has 0 aliphatic rings. The first kappa shape index (κ1) is 17.2. The molecule has 2 N–H and O–H groups in total. The second-order valence-corrected chi connectivity index (χ2v) is 6.87. The van der Waals surface area contributed by atoms with Crippen molar-refractivity contribution < 1.29 is 13.2 Å². The first-order valence-electron chi connectivity index (χ1n) is 7.49. The zero-order valence-corrected chi connectivity index (χ0v) is 13.8. The second-order valence-electron chi connectivity index (χ2n) is 5.10. The van der Waals surface area contributed by atoms with Crippen LogP contribution in [0.3, 0.4) is 0 Å². The highest BCUT2D eigenvalue weighted by atomic mass is 32.2. The van der Waals surface area contributed by atoms with Crippen LogP contribution >= 0.6 is 0 Å². The number of para-hydroxylation sites is 1. The van der Waals surface area contributed by atoms with E-state index in [0.29, 0.717) is 17.8 Å². The Bertz CT molecular complexity index is 758. The van der Waals surface area contributed by atoms with Crippen molar-refractivity contribution in [3.63, 3.8) is 0 Å². The molecule has 0 atom stereocenters. The standard InChI is InChI=1S/C17H20N2O3S/c1-2-3-12-18-23(21,22)16-11-7-8-14(13-16)17(20)19-15-9-5-4-6-10-15/h4-11,13,18H,2-3,12H2,1H3,(H,19,20). The highest BCUT2D eigenvalue weighted by Crippen LogP contribution is 2.14. The monoisotopic (exact) mass is 332 g/mol. The summed E-state index contributed by atoms with van der Waals surface area (Å²) in [6.45, 7) is 2.38. The molecule has 0 fully saturated rings. The molecule has 0 radical (unpaired) electrons. The molecule has 2 rings (SSSR count). The van der Waals surface area contributed by atoms with Gasteiger partial charge >= 0.3 is 0 Å². The largest absolute Gasteiger partial charge is 0.322 e. The van der Waals surface area contributed by atoms with Crippen molar-refractivity contribution in [1.29, 1.82) is 0 Å². The second kappa shape index (κ2) is 7.89. The molecule has 6 heteroatoms. The van der Waals surface area contributed by atoms with Crippen LogP contribution in [-0.2, 0) is 10.0 Å². The van der Waals surface area contributed by atoms with Crippen LogP contribution in [0.4, 0.5) is 5.69 Å². The van der Waals surface area contributed by atoms with Crippen molar-refractivity contribution in [2.75, 3.05) is 11.9 Å². The van der Waals surface area contributed by atoms with Crippen molar-refractivity contribution in [3.8, 4) is 0 Å². The minimum absolute atomic E-state index is 0.0920. The summed E-state index contributed by atoms with van der Waals surface area (Å²) in [6, 6.07) is 15.0. The molecule has 0 saturated heterocycles. The Morgan fingerprint density at radius 2 is 1.78 bits per heavy atom. The van der Waals surface area contributed by atoms with Crippen molar-refractivity contribution in [2.24, 2.45) is 0 Å². The van der Waals surface area contributed by atoms with E-state index < -0.39 is 10.0 Å². The molecular formula is C17H20N2O3S. The van der Waals surface area contributed by atoms with Gasteiger partial charge in [0.05, 0.1) is 4.90 Å². The Morgan fingerprint density at radius 3 is 2.48 bits per heavy atom. The SMILES string of the molecule is CCCCNS(=O)(=O)c1cccc(C(=O)Nc2ccccc2)c1. The van der Waals surface area contributed by atoms with Gasteiger partial charge in [0.2, 0.25) is 10.0 Å². The first-order valence-corrected chi connectivity index (χ1v) is 8.97. The molecule has 1 amide bonds. The summed E-state index contributed by atoms with van der Waals surface area (Å²) in [5.74, 6) is -0.346. The number of sulfonamides is 1. The molecule has 5 nitrogen and oxygen atoms in total. The molecule has 2 aromatic carbocycles. The highest BCUT2D eigenvalue weighted by molar-refractivity contribution is 7.89. The fourth-order valence-electron chi connectivity index (χ4n) is 2.00. The van der Waals surface area contributed by atoms with Gasteiger partial charge in [-0.2, -0.15) is 0 Å². The van der Waals surface area contributed by atoms with E-state index >= 15 is 0 Å². The van der Waals surface area contributed by atoms with Crippen LogP contribution in [0.15, 0.2) is 59.5 Å². The van der Waals surface area contributed by atoms with E-state index in [4.69, 9.17) is 0 Å². The lowest BCUT2D eigenvalue weighted by Crippen LogP contribution is -2.25. The van der Waals surface area contributed by atoms with E-state index in [1.807, 2.05) is 25.1 Å². The third kappa shape index (κ3) is 4.91. The Hall–Kier alpha value is -2.18. The summed E-state index contributed by atoms with van der Waals surface area (Å²) in [5.41, 5.74) is 0.957. The van der Waals surface area contributed by atoms with Gasteiger partial charge in [-0.1, -0.05) is 37.6 Å². The van der Waals surface area contributed by atoms with Gasteiger partial charge in [-0.25, -0.2) is 13.1 Å². The van der Waals surface area contributed by atoms with Crippen LogP contribution in [0.1, 0.15) is 30.1 Å². The van der Waals surface area contributed by atoms with Gasteiger partial charge in [-0.3, -0.25) is 4.79 Å². The average Bonchev–Trinajstić information content (AvgIpc) is 2.56. The molecule has 2 aromatic rings. The summed E-state index contributed by atoms with van der Waals surface area (Å²) >= 11 is 0. The summed E-state index contributed by atoms with van der Waals surface area (Å²) in [4.78, 5) is 12.3. The maximum absolute atomic E-state index is 12.2. The topological polar surface area (TPSA) is 75.3 Å². The molecule has 0 spiro atoms. The lowest BCUT2D eigenvalue weighted by atomic mass is 10.2. The molecule has 0 unspecified atom stereocenters. The molecule has 0 aromatic heterocycles. The highest BCUT2D eigenvalue weighted by Gasteiger charge is 2.15. The lowest BCUT2D eigenvalue weighted by molar-refractivity contribution is 0.102. The molecule has 0 aliphatic carbocycles. The molecular weight excluding hydrogens is 312 g/mol. The smallest absolute Gasteiger partial charge is 0.255 e. The molecule has 122 valence electrons. The Balaban J connectivity index is 2.14. The number of benzene rings is 2. The first-order chi connectivity index (χ1) is 11.0. The lowest BCUT2D eigenvalue weighted by Gasteiger charge is -2.09. The third-order valence-electron chi connectivity index (χ3n) is 3.26. The van der Waals surface area contributed by atoms with Crippen molar-refractivity contribution in [2.45, 2.75) is 24.7 Å². The summed E-state index contributed by atoms with van der Waals surface area (Å²) in [7, 11) is -3.59. The van der Waals surface area contributed by atoms with Gasteiger partial charge < -0.3 is 5.32 Å². The Morgan fingerprint density at radius 1 is 1.04 bits per heavy atom. The number of rotatable bonds is 7. The number of carbonyl (C=O) groups excluding carboxylic acids is 1. The molecule has 0 bridgehead atoms. The van der Waals surface area contributed by atoms with E-state index in [0.717, 1.165) is 12.8 Å². The van der Waals surface area contributed by atoms with Gasteiger partial charge in [0, 0.05) is 17.8 Å². The number of amides is 1. The molecule has 0 heterocycles. The maximum Gasteiger partial charge on any atom is 0.255 e. The predicted octanol–water partition coefficient (Wildman–Crippen LogP) is 3.02. The molecule has 0 saturated carbocycles. The van der Waals surface area contributed by atoms with Gasteiger partial charge in [0.15, 0.2) is 0 Å². The zero-order chi connectivity index (χ0) is 16.7. The van der Waals surface area contributed by atoms with E-state index in [2.05, 4.69) is 10.0 Å². The maximum atomic E-state index is 12.2. The van der Waals surface area contributed by atoms with E-state index in [9.17, 15) is 13.2 Å². The zero-order valence-electron chi connectivity index (χ0n) is 13.0. The third-order valence-corrected chi connectivity index (χ3v) is 4.72. The van der Waals surface area contributed by atoms with Crippen molar-refractivity contribution >= 4 is 21.6 Å². The van der Waals surface area contributed by atoms with Crippen LogP contribution in [0.2, 0.25) is 0 Å². The number of hydrogen-bond donors (Lipinski definition) is 2. The van der Waals surface area contributed by atoms with Crippen LogP contribution in [-0.4, -0.2) is 20.9 Å². The Labute approximate surface area is 136 Å². The summed E-state index contributed by atoms with van der Waals surface area (Å²) in [6.07, 6.45) is 1.68. The number of nitrogens with one attached hydrogen (secondary N) is 2. The predicted molar refractivity (Wildman–Crippen MR) is 90.9 cm³/mol. The average molecular weight is 332 g/mol. The van der Waals surface area contributed by atoms with Gasteiger partial charge in [0.25, 0.3) is 5.91 Å².